The number of hydrogen-bond acceptors (Lipinski definition) is 4. The molecule has 1 aliphatic rings. The van der Waals surface area contributed by atoms with Gasteiger partial charge in [-0.05, 0) is 68.6 Å². The normalized spacial score (nSPS) is 22.1. The van der Waals surface area contributed by atoms with Gasteiger partial charge < -0.3 is 4.74 Å². The molecule has 1 saturated carbocycles. The number of aryl methyl sites for hydroxylation is 1. The smallest absolute Gasteiger partial charge is 0.248 e. The van der Waals surface area contributed by atoms with Crippen molar-refractivity contribution >= 4 is 11.9 Å². The molecule has 0 aliphatic heterocycles. The lowest BCUT2D eigenvalue weighted by atomic mass is 9.78. The third kappa shape index (κ3) is 5.82. The lowest BCUT2D eigenvalue weighted by molar-refractivity contribution is -0.0698. The SMILES string of the molecule is Cc1cnn(-c2ccc(OCC3CC(F)(F)CCC3/C=C\SN(C)C)cc2)c1. The fourth-order valence-corrected chi connectivity index (χ4v) is 3.91. The first-order chi connectivity index (χ1) is 13.3. The fraction of sp³-hybridized carbons (Fsp3) is 0.476. The third-order valence-corrected chi connectivity index (χ3v) is 5.58. The Hall–Kier alpha value is -1.86. The Morgan fingerprint density at radius 3 is 2.71 bits per heavy atom. The molecular weight excluding hydrogens is 380 g/mol. The summed E-state index contributed by atoms with van der Waals surface area (Å²) in [7, 11) is 3.91. The highest BCUT2D eigenvalue weighted by atomic mass is 32.2. The van der Waals surface area contributed by atoms with Gasteiger partial charge in [0, 0.05) is 25.0 Å². The Morgan fingerprint density at radius 1 is 1.32 bits per heavy atom. The fourth-order valence-electron chi connectivity index (χ4n) is 3.40. The number of hydrogen-bond donors (Lipinski definition) is 0. The van der Waals surface area contributed by atoms with Gasteiger partial charge in [0.2, 0.25) is 5.92 Å². The number of rotatable bonds is 7. The van der Waals surface area contributed by atoms with E-state index in [4.69, 9.17) is 4.74 Å². The molecule has 4 nitrogen and oxygen atoms in total. The van der Waals surface area contributed by atoms with Crippen molar-refractivity contribution in [2.75, 3.05) is 20.7 Å². The highest BCUT2D eigenvalue weighted by molar-refractivity contribution is 7.99. The number of alkyl halides is 2. The molecule has 2 unspecified atom stereocenters. The number of allylic oxidation sites excluding steroid dienone is 1. The monoisotopic (exact) mass is 407 g/mol. The largest absolute Gasteiger partial charge is 0.493 e. The summed E-state index contributed by atoms with van der Waals surface area (Å²) in [4.78, 5) is 0. The quantitative estimate of drug-likeness (QED) is 0.580. The molecule has 0 radical (unpaired) electrons. The maximum absolute atomic E-state index is 13.9. The number of ether oxygens (including phenoxy) is 1. The van der Waals surface area contributed by atoms with E-state index in [0.29, 0.717) is 12.2 Å². The maximum atomic E-state index is 13.9. The Kier molecular flexibility index (Phi) is 6.78. The zero-order valence-electron chi connectivity index (χ0n) is 16.5. The summed E-state index contributed by atoms with van der Waals surface area (Å²) in [6.07, 6.45) is 6.11. The van der Waals surface area contributed by atoms with Crippen molar-refractivity contribution in [3.8, 4) is 11.4 Å². The van der Waals surface area contributed by atoms with Crippen LogP contribution >= 0.6 is 11.9 Å². The van der Waals surface area contributed by atoms with Crippen LogP contribution in [0.4, 0.5) is 8.78 Å². The van der Waals surface area contributed by atoms with Crippen molar-refractivity contribution in [1.82, 2.24) is 14.1 Å². The van der Waals surface area contributed by atoms with Crippen molar-refractivity contribution in [2.24, 2.45) is 11.8 Å². The average Bonchev–Trinajstić information content (AvgIpc) is 3.08. The number of aromatic nitrogens is 2. The third-order valence-electron chi connectivity index (χ3n) is 4.88. The van der Waals surface area contributed by atoms with Crippen LogP contribution in [0.5, 0.6) is 5.75 Å². The summed E-state index contributed by atoms with van der Waals surface area (Å²) in [5.74, 6) is -2.00. The summed E-state index contributed by atoms with van der Waals surface area (Å²) < 4.78 is 37.5. The first kappa shape index (κ1) is 20.9. The van der Waals surface area contributed by atoms with E-state index in [1.54, 1.807) is 22.8 Å². The lowest BCUT2D eigenvalue weighted by Gasteiger charge is -2.34. The Labute approximate surface area is 169 Å². The van der Waals surface area contributed by atoms with Gasteiger partial charge in [0.1, 0.15) is 5.75 Å². The summed E-state index contributed by atoms with van der Waals surface area (Å²) >= 11 is 1.56. The van der Waals surface area contributed by atoms with Crippen molar-refractivity contribution in [3.63, 3.8) is 0 Å². The molecule has 1 fully saturated rings. The van der Waals surface area contributed by atoms with Crippen molar-refractivity contribution in [1.29, 1.82) is 0 Å². The molecule has 0 bridgehead atoms. The van der Waals surface area contributed by atoms with E-state index < -0.39 is 5.92 Å². The van der Waals surface area contributed by atoms with Gasteiger partial charge in [0.15, 0.2) is 0 Å². The van der Waals surface area contributed by atoms with Gasteiger partial charge in [-0.3, -0.25) is 4.31 Å². The van der Waals surface area contributed by atoms with Crippen LogP contribution in [0.1, 0.15) is 24.8 Å². The Morgan fingerprint density at radius 2 is 2.07 bits per heavy atom. The second-order valence-corrected chi connectivity index (χ2v) is 8.75. The molecule has 2 atom stereocenters. The van der Waals surface area contributed by atoms with Crippen molar-refractivity contribution in [3.05, 3.63) is 53.7 Å². The molecule has 3 rings (SSSR count). The first-order valence-electron chi connectivity index (χ1n) is 9.45. The number of benzene rings is 1. The minimum Gasteiger partial charge on any atom is -0.493 e. The van der Waals surface area contributed by atoms with Crippen LogP contribution in [-0.4, -0.2) is 40.7 Å². The topological polar surface area (TPSA) is 30.3 Å². The van der Waals surface area contributed by atoms with Crippen LogP contribution in [0.15, 0.2) is 48.1 Å². The molecule has 1 aliphatic carbocycles. The minimum absolute atomic E-state index is 0.0525. The van der Waals surface area contributed by atoms with Crippen LogP contribution < -0.4 is 4.74 Å². The average molecular weight is 408 g/mol. The van der Waals surface area contributed by atoms with Gasteiger partial charge in [-0.25, -0.2) is 13.5 Å². The van der Waals surface area contributed by atoms with E-state index in [9.17, 15) is 8.78 Å². The molecule has 28 heavy (non-hydrogen) atoms. The molecule has 0 spiro atoms. The number of halogens is 2. The van der Waals surface area contributed by atoms with E-state index in [2.05, 4.69) is 11.2 Å². The summed E-state index contributed by atoms with van der Waals surface area (Å²) in [6, 6.07) is 7.56. The van der Waals surface area contributed by atoms with E-state index in [1.807, 2.05) is 61.2 Å². The predicted octanol–water partition coefficient (Wildman–Crippen LogP) is 5.33. The molecule has 1 aromatic carbocycles. The van der Waals surface area contributed by atoms with Crippen molar-refractivity contribution < 1.29 is 13.5 Å². The molecule has 0 N–H and O–H groups in total. The van der Waals surface area contributed by atoms with Crippen LogP contribution in [-0.2, 0) is 0 Å². The Balaban J connectivity index is 1.61. The number of nitrogens with zero attached hydrogens (tertiary/aromatic N) is 3. The second kappa shape index (κ2) is 9.09. The molecule has 152 valence electrons. The van der Waals surface area contributed by atoms with Crippen molar-refractivity contribution in [2.45, 2.75) is 32.1 Å². The summed E-state index contributed by atoms with van der Waals surface area (Å²) in [5.41, 5.74) is 2.02. The second-order valence-electron chi connectivity index (χ2n) is 7.54. The van der Waals surface area contributed by atoms with Gasteiger partial charge in [-0.2, -0.15) is 5.10 Å². The zero-order valence-corrected chi connectivity index (χ0v) is 17.3. The van der Waals surface area contributed by atoms with E-state index in [-0.39, 0.29) is 31.3 Å². The predicted molar refractivity (Wildman–Crippen MR) is 110 cm³/mol. The molecule has 7 heteroatoms. The molecule has 0 saturated heterocycles. The van der Waals surface area contributed by atoms with Gasteiger partial charge in [0.05, 0.1) is 18.5 Å². The molecule has 1 aromatic heterocycles. The molecule has 0 amide bonds. The first-order valence-corrected chi connectivity index (χ1v) is 10.3. The van der Waals surface area contributed by atoms with Crippen LogP contribution in [0.2, 0.25) is 0 Å². The molecule has 2 aromatic rings. The van der Waals surface area contributed by atoms with Crippen LogP contribution in [0.25, 0.3) is 5.69 Å². The zero-order chi connectivity index (χ0) is 20.1. The summed E-state index contributed by atoms with van der Waals surface area (Å²) in [6.45, 7) is 2.28. The Bertz CT molecular complexity index is 789. The standard InChI is InChI=1S/C21H27F2N3OS/c1-16-13-24-26(14-16)19-4-6-20(7-5-19)27-15-18-12-21(22,23)10-8-17(18)9-11-28-25(2)3/h4-7,9,11,13-14,17-18H,8,10,12,15H2,1-3H3/b11-9-. The van der Waals surface area contributed by atoms with Gasteiger partial charge in [-0.15, -0.1) is 0 Å². The molecule has 1 heterocycles. The van der Waals surface area contributed by atoms with E-state index >= 15 is 0 Å². The summed E-state index contributed by atoms with van der Waals surface area (Å²) in [5, 5.41) is 6.27. The van der Waals surface area contributed by atoms with E-state index in [0.717, 1.165) is 11.3 Å². The van der Waals surface area contributed by atoms with Gasteiger partial charge in [0.25, 0.3) is 0 Å². The van der Waals surface area contributed by atoms with Crippen LogP contribution in [0.3, 0.4) is 0 Å². The lowest BCUT2D eigenvalue weighted by Crippen LogP contribution is -2.34. The highest BCUT2D eigenvalue weighted by Gasteiger charge is 2.40. The molecular formula is C21H27F2N3OS. The maximum Gasteiger partial charge on any atom is 0.248 e. The van der Waals surface area contributed by atoms with E-state index in [1.165, 1.54) is 0 Å². The van der Waals surface area contributed by atoms with Crippen LogP contribution in [0, 0.1) is 18.8 Å². The minimum atomic E-state index is -2.60. The van der Waals surface area contributed by atoms with Gasteiger partial charge >= 0.3 is 0 Å². The highest BCUT2D eigenvalue weighted by Crippen LogP contribution is 2.41. The van der Waals surface area contributed by atoms with Gasteiger partial charge in [-0.1, -0.05) is 18.0 Å².